The number of carbonyl (C=O) groups is 1. The lowest BCUT2D eigenvalue weighted by atomic mass is 10.1. The Labute approximate surface area is 162 Å². The molecule has 0 aromatic heterocycles. The van der Waals surface area contributed by atoms with Gasteiger partial charge in [0.25, 0.3) is 5.91 Å². The Balaban J connectivity index is 1.92. The highest BCUT2D eigenvalue weighted by molar-refractivity contribution is 7.89. The van der Waals surface area contributed by atoms with E-state index in [2.05, 4.69) is 5.10 Å². The Hall–Kier alpha value is -3.48. The second-order valence-corrected chi connectivity index (χ2v) is 7.45. The smallest absolute Gasteiger partial charge is 0.280 e. The van der Waals surface area contributed by atoms with Crippen LogP contribution in [-0.4, -0.2) is 26.6 Å². The number of hydrogen-bond acceptors (Lipinski definition) is 6. The predicted octanol–water partition coefficient (Wildman–Crippen LogP) is 2.04. The molecular weight excluding hydrogens is 380 g/mol. The summed E-state index contributed by atoms with van der Waals surface area (Å²) in [6.07, 6.45) is 1.65. The third kappa shape index (κ3) is 3.93. The number of amides is 1. The summed E-state index contributed by atoms with van der Waals surface area (Å²) in [6, 6.07) is 14.5. The molecule has 1 amide bonds. The van der Waals surface area contributed by atoms with Crippen molar-refractivity contribution in [3.05, 3.63) is 59.7 Å². The topological polar surface area (TPSA) is 126 Å². The Morgan fingerprint density at radius 3 is 2.54 bits per heavy atom. The van der Waals surface area contributed by atoms with Crippen LogP contribution < -0.4 is 14.9 Å². The first-order valence-corrected chi connectivity index (χ1v) is 9.69. The largest absolute Gasteiger partial charge is 0.478 e. The van der Waals surface area contributed by atoms with Gasteiger partial charge in [-0.2, -0.15) is 15.4 Å². The van der Waals surface area contributed by atoms with Crippen LogP contribution in [0.4, 0.5) is 5.69 Å². The summed E-state index contributed by atoms with van der Waals surface area (Å²) in [5.74, 6) is 0.115. The Kier molecular flexibility index (Phi) is 5.26. The van der Waals surface area contributed by atoms with Gasteiger partial charge in [0.05, 0.1) is 21.9 Å². The number of primary sulfonamides is 1. The fourth-order valence-corrected chi connectivity index (χ4v) is 3.15. The number of sulfonamides is 1. The average molecular weight is 396 g/mol. The van der Waals surface area contributed by atoms with Crippen molar-refractivity contribution in [2.24, 2.45) is 10.2 Å². The number of para-hydroxylation sites is 1. The summed E-state index contributed by atoms with van der Waals surface area (Å²) in [4.78, 5) is 12.8. The van der Waals surface area contributed by atoms with E-state index in [-0.39, 0.29) is 17.4 Å². The second-order valence-electron chi connectivity index (χ2n) is 5.88. The highest BCUT2D eigenvalue weighted by Gasteiger charge is 2.29. The van der Waals surface area contributed by atoms with Crippen molar-refractivity contribution in [1.29, 1.82) is 5.26 Å². The van der Waals surface area contributed by atoms with Crippen LogP contribution >= 0.6 is 0 Å². The maximum atomic E-state index is 12.8. The number of nitrogens with zero attached hydrogens (tertiary/aromatic N) is 3. The number of ether oxygens (including phenoxy) is 1. The van der Waals surface area contributed by atoms with Crippen LogP contribution in [0.5, 0.6) is 5.75 Å². The fourth-order valence-electron chi connectivity index (χ4n) is 2.63. The summed E-state index contributed by atoms with van der Waals surface area (Å²) < 4.78 is 28.1. The number of rotatable bonds is 5. The minimum atomic E-state index is -3.82. The van der Waals surface area contributed by atoms with Crippen molar-refractivity contribution in [3.63, 3.8) is 0 Å². The van der Waals surface area contributed by atoms with Gasteiger partial charge < -0.3 is 4.74 Å². The number of benzene rings is 2. The van der Waals surface area contributed by atoms with Crippen molar-refractivity contribution in [3.8, 4) is 11.8 Å². The molecule has 0 spiro atoms. The number of anilines is 1. The number of nitriles is 1. The molecule has 0 unspecified atom stereocenters. The molecule has 8 nitrogen and oxygen atoms in total. The highest BCUT2D eigenvalue weighted by Crippen LogP contribution is 2.28. The van der Waals surface area contributed by atoms with Gasteiger partial charge in [0.2, 0.25) is 10.0 Å². The summed E-state index contributed by atoms with van der Waals surface area (Å²) in [5, 5.41) is 19.2. The van der Waals surface area contributed by atoms with Crippen LogP contribution in [0.2, 0.25) is 0 Å². The van der Waals surface area contributed by atoms with Crippen LogP contribution in [-0.2, 0) is 14.8 Å². The summed E-state index contributed by atoms with van der Waals surface area (Å²) in [6.45, 7) is 1.59. The molecular formula is C19H16N4O4S. The van der Waals surface area contributed by atoms with Gasteiger partial charge in [-0.05, 0) is 43.3 Å². The zero-order valence-electron chi connectivity index (χ0n) is 14.9. The van der Waals surface area contributed by atoms with Gasteiger partial charge in [-0.15, -0.1) is 0 Å². The maximum Gasteiger partial charge on any atom is 0.280 e. The molecule has 1 aliphatic rings. The molecule has 1 aliphatic heterocycles. The zero-order valence-corrected chi connectivity index (χ0v) is 15.7. The van der Waals surface area contributed by atoms with E-state index in [1.807, 2.05) is 6.07 Å². The van der Waals surface area contributed by atoms with E-state index in [0.29, 0.717) is 28.3 Å². The van der Waals surface area contributed by atoms with Gasteiger partial charge in [0, 0.05) is 5.56 Å². The van der Waals surface area contributed by atoms with Gasteiger partial charge >= 0.3 is 0 Å². The van der Waals surface area contributed by atoms with E-state index in [0.717, 1.165) is 0 Å². The molecule has 28 heavy (non-hydrogen) atoms. The van der Waals surface area contributed by atoms with Crippen LogP contribution in [0.25, 0.3) is 6.08 Å². The van der Waals surface area contributed by atoms with Crippen molar-refractivity contribution in [2.75, 3.05) is 11.6 Å². The van der Waals surface area contributed by atoms with E-state index in [4.69, 9.17) is 15.1 Å². The van der Waals surface area contributed by atoms with Crippen LogP contribution in [0, 0.1) is 11.3 Å². The first kappa shape index (κ1) is 19.3. The lowest BCUT2D eigenvalue weighted by molar-refractivity contribution is -0.114. The molecule has 0 saturated carbocycles. The van der Waals surface area contributed by atoms with Crippen LogP contribution in [0.3, 0.4) is 0 Å². The molecule has 0 aliphatic carbocycles. The average Bonchev–Trinajstić information content (AvgIpc) is 2.95. The summed E-state index contributed by atoms with van der Waals surface area (Å²) >= 11 is 0. The van der Waals surface area contributed by atoms with Crippen molar-refractivity contribution < 1.29 is 17.9 Å². The van der Waals surface area contributed by atoms with Crippen LogP contribution in [0.15, 0.2) is 64.1 Å². The highest BCUT2D eigenvalue weighted by atomic mass is 32.2. The summed E-state index contributed by atoms with van der Waals surface area (Å²) in [7, 11) is -3.82. The number of hydrogen-bond donors (Lipinski definition) is 1. The lowest BCUT2D eigenvalue weighted by Crippen LogP contribution is -2.21. The quantitative estimate of drug-likeness (QED) is 0.774. The first-order chi connectivity index (χ1) is 13.3. The third-order valence-electron chi connectivity index (χ3n) is 3.98. The van der Waals surface area contributed by atoms with E-state index in [1.54, 1.807) is 37.3 Å². The maximum absolute atomic E-state index is 12.8. The molecule has 1 heterocycles. The molecule has 0 saturated heterocycles. The molecule has 0 radical (unpaired) electrons. The van der Waals surface area contributed by atoms with Gasteiger partial charge in [0.1, 0.15) is 11.8 Å². The Morgan fingerprint density at radius 2 is 1.89 bits per heavy atom. The molecule has 2 N–H and O–H groups in total. The second kappa shape index (κ2) is 7.64. The lowest BCUT2D eigenvalue weighted by Gasteiger charge is -2.12. The van der Waals surface area contributed by atoms with Gasteiger partial charge in [0.15, 0.2) is 6.61 Å². The fraction of sp³-hybridized carbons (Fsp3) is 0.105. The predicted molar refractivity (Wildman–Crippen MR) is 104 cm³/mol. The van der Waals surface area contributed by atoms with Gasteiger partial charge in [-0.3, -0.25) is 4.79 Å². The van der Waals surface area contributed by atoms with Crippen molar-refractivity contribution >= 4 is 33.4 Å². The van der Waals surface area contributed by atoms with Gasteiger partial charge in [-0.1, -0.05) is 18.2 Å². The minimum absolute atomic E-state index is 0.0528. The van der Waals surface area contributed by atoms with Crippen molar-refractivity contribution in [2.45, 2.75) is 11.8 Å². The molecule has 142 valence electrons. The standard InChI is InChI=1S/C19H16N4O4S/c1-13-17(12-14-4-2-3-5-18(14)27-11-10-20)19(24)23(22-13)15-6-8-16(9-7-15)28(21,25)26/h2-9,12H,11H2,1H3,(H2,21,25,26)/b17-12-. The molecule has 0 bridgehead atoms. The van der Waals surface area contributed by atoms with E-state index in [9.17, 15) is 13.2 Å². The number of hydrazone groups is 1. The SMILES string of the molecule is CC1=NN(c2ccc(S(N)(=O)=O)cc2)C(=O)/C1=C\c1ccccc1OCC#N. The molecule has 3 rings (SSSR count). The minimum Gasteiger partial charge on any atom is -0.478 e. The third-order valence-corrected chi connectivity index (χ3v) is 4.91. The van der Waals surface area contributed by atoms with Crippen molar-refractivity contribution in [1.82, 2.24) is 0 Å². The Morgan fingerprint density at radius 1 is 1.21 bits per heavy atom. The Bertz CT molecular complexity index is 1130. The van der Waals surface area contributed by atoms with E-state index in [1.165, 1.54) is 29.3 Å². The zero-order chi connectivity index (χ0) is 20.3. The molecule has 0 atom stereocenters. The molecule has 2 aromatic rings. The summed E-state index contributed by atoms with van der Waals surface area (Å²) in [5.41, 5.74) is 1.91. The van der Waals surface area contributed by atoms with E-state index >= 15 is 0 Å². The molecule has 9 heteroatoms. The monoisotopic (exact) mass is 396 g/mol. The number of carbonyl (C=O) groups excluding carboxylic acids is 1. The van der Waals surface area contributed by atoms with Gasteiger partial charge in [-0.25, -0.2) is 13.6 Å². The number of nitrogens with two attached hydrogens (primary N) is 1. The molecule has 2 aromatic carbocycles. The first-order valence-electron chi connectivity index (χ1n) is 8.14. The van der Waals surface area contributed by atoms with Crippen LogP contribution in [0.1, 0.15) is 12.5 Å². The normalized spacial score (nSPS) is 15.5. The van der Waals surface area contributed by atoms with E-state index < -0.39 is 10.0 Å². The molecule has 0 fully saturated rings.